The number of ether oxygens (including phenoxy) is 1. The van der Waals surface area contributed by atoms with Crippen LogP contribution in [0.15, 0.2) is 58.0 Å². The summed E-state index contributed by atoms with van der Waals surface area (Å²) in [6.45, 7) is 2.68. The Hall–Kier alpha value is -2.09. The highest BCUT2D eigenvalue weighted by Crippen LogP contribution is 2.34. The van der Waals surface area contributed by atoms with Crippen LogP contribution in [0.2, 0.25) is 0 Å². The number of nitrogens with zero attached hydrogens (tertiary/aromatic N) is 1. The Morgan fingerprint density at radius 1 is 1.19 bits per heavy atom. The van der Waals surface area contributed by atoms with Gasteiger partial charge in [0, 0.05) is 21.6 Å². The molecule has 0 radical (unpaired) electrons. The van der Waals surface area contributed by atoms with Crippen molar-refractivity contribution in [2.75, 3.05) is 12.4 Å². The van der Waals surface area contributed by atoms with Crippen molar-refractivity contribution < 1.29 is 4.74 Å². The highest BCUT2D eigenvalue weighted by molar-refractivity contribution is 7.99. The highest BCUT2D eigenvalue weighted by Gasteiger charge is 2.16. The molecule has 3 heterocycles. The van der Waals surface area contributed by atoms with Crippen LogP contribution in [0.25, 0.3) is 20.7 Å². The van der Waals surface area contributed by atoms with Crippen molar-refractivity contribution in [3.05, 3.63) is 69.4 Å². The zero-order chi connectivity index (χ0) is 18.6. The van der Waals surface area contributed by atoms with E-state index in [1.807, 2.05) is 53.2 Å². The molecule has 0 saturated heterocycles. The fourth-order valence-corrected chi connectivity index (χ4v) is 5.32. The Morgan fingerprint density at radius 3 is 2.81 bits per heavy atom. The number of para-hydroxylation sites is 1. The van der Waals surface area contributed by atoms with Crippen molar-refractivity contribution in [1.82, 2.24) is 9.97 Å². The summed E-state index contributed by atoms with van der Waals surface area (Å²) in [5.74, 6) is 2.41. The number of thioether (sulfide) groups is 1. The van der Waals surface area contributed by atoms with Gasteiger partial charge in [-0.3, -0.25) is 4.79 Å². The van der Waals surface area contributed by atoms with Gasteiger partial charge in [0.2, 0.25) is 0 Å². The van der Waals surface area contributed by atoms with Crippen molar-refractivity contribution in [2.45, 2.75) is 12.2 Å². The van der Waals surface area contributed by atoms with E-state index in [0.717, 1.165) is 32.6 Å². The number of benzene rings is 1. The number of rotatable bonds is 7. The molecule has 3 aromatic heterocycles. The molecule has 0 unspecified atom stereocenters. The van der Waals surface area contributed by atoms with E-state index in [9.17, 15) is 4.79 Å². The Bertz CT molecular complexity index is 1070. The predicted octanol–water partition coefficient (Wildman–Crippen LogP) is 5.59. The van der Waals surface area contributed by atoms with Gasteiger partial charge >= 0.3 is 0 Å². The summed E-state index contributed by atoms with van der Waals surface area (Å²) in [4.78, 5) is 22.3. The fraction of sp³-hybridized carbons (Fsp3) is 0.200. The summed E-state index contributed by atoms with van der Waals surface area (Å²) in [6.07, 6.45) is 0. The van der Waals surface area contributed by atoms with Crippen LogP contribution in [0, 0.1) is 0 Å². The van der Waals surface area contributed by atoms with Gasteiger partial charge in [-0.15, -0.1) is 34.4 Å². The number of aromatic amines is 1. The number of fused-ring (bicyclic) bond motifs is 1. The fourth-order valence-electron chi connectivity index (χ4n) is 2.75. The average molecular weight is 415 g/mol. The molecule has 0 spiro atoms. The van der Waals surface area contributed by atoms with Crippen LogP contribution >= 0.6 is 34.4 Å². The number of aromatic nitrogens is 2. The van der Waals surface area contributed by atoms with Gasteiger partial charge < -0.3 is 9.72 Å². The van der Waals surface area contributed by atoms with E-state index in [-0.39, 0.29) is 10.8 Å². The van der Waals surface area contributed by atoms with Crippen molar-refractivity contribution in [3.8, 4) is 16.2 Å². The highest BCUT2D eigenvalue weighted by atomic mass is 32.2. The predicted molar refractivity (Wildman–Crippen MR) is 116 cm³/mol. The molecule has 0 aliphatic carbocycles. The number of hydrogen-bond donors (Lipinski definition) is 1. The standard InChI is InChI=1S/C20H18N2O2S3/c1-13(25-11-9-24-14-6-3-2-4-7-14)18-21-19(23)17-15(12-27-20(17)22-18)16-8-5-10-26-16/h2-8,10,12-13H,9,11H2,1H3,(H,21,22,23)/t13-/m0/s1. The minimum Gasteiger partial charge on any atom is -0.493 e. The van der Waals surface area contributed by atoms with Crippen LogP contribution in [-0.2, 0) is 0 Å². The Morgan fingerprint density at radius 2 is 2.04 bits per heavy atom. The second-order valence-electron chi connectivity index (χ2n) is 5.93. The third-order valence-electron chi connectivity index (χ3n) is 4.10. The van der Waals surface area contributed by atoms with Crippen LogP contribution in [-0.4, -0.2) is 22.3 Å². The van der Waals surface area contributed by atoms with Gasteiger partial charge in [-0.25, -0.2) is 4.98 Å². The maximum absolute atomic E-state index is 12.7. The second kappa shape index (κ2) is 8.29. The summed E-state index contributed by atoms with van der Waals surface area (Å²) in [7, 11) is 0. The first-order chi connectivity index (χ1) is 13.2. The van der Waals surface area contributed by atoms with Gasteiger partial charge in [-0.1, -0.05) is 24.3 Å². The van der Waals surface area contributed by atoms with E-state index < -0.39 is 0 Å². The molecule has 4 aromatic rings. The van der Waals surface area contributed by atoms with Gasteiger partial charge in [-0.05, 0) is 30.5 Å². The first kappa shape index (κ1) is 18.3. The Labute approximate surface area is 169 Å². The van der Waals surface area contributed by atoms with Crippen LogP contribution in [0.5, 0.6) is 5.75 Å². The molecule has 7 heteroatoms. The molecule has 4 rings (SSSR count). The molecule has 0 bridgehead atoms. The number of thiophene rings is 2. The minimum absolute atomic E-state index is 0.0624. The van der Waals surface area contributed by atoms with Crippen molar-refractivity contribution in [2.24, 2.45) is 0 Å². The lowest BCUT2D eigenvalue weighted by molar-refractivity contribution is 0.344. The van der Waals surface area contributed by atoms with E-state index in [4.69, 9.17) is 9.72 Å². The van der Waals surface area contributed by atoms with E-state index in [1.165, 1.54) is 11.3 Å². The first-order valence-corrected chi connectivity index (χ1v) is 11.4. The van der Waals surface area contributed by atoms with E-state index in [2.05, 4.69) is 11.9 Å². The van der Waals surface area contributed by atoms with Gasteiger partial charge in [0.1, 0.15) is 16.4 Å². The molecule has 27 heavy (non-hydrogen) atoms. The molecular formula is C20H18N2O2S3. The van der Waals surface area contributed by atoms with E-state index in [1.54, 1.807) is 23.1 Å². The van der Waals surface area contributed by atoms with E-state index in [0.29, 0.717) is 12.0 Å². The maximum Gasteiger partial charge on any atom is 0.260 e. The summed E-state index contributed by atoms with van der Waals surface area (Å²) in [6, 6.07) is 13.8. The third kappa shape index (κ3) is 4.10. The summed E-state index contributed by atoms with van der Waals surface area (Å²) >= 11 is 4.88. The molecule has 0 amide bonds. The molecule has 0 saturated carbocycles. The Balaban J connectivity index is 1.45. The SMILES string of the molecule is C[C@H](SCCOc1ccccc1)c1nc2scc(-c3cccs3)c2c(=O)[nH]1. The summed E-state index contributed by atoms with van der Waals surface area (Å²) < 4.78 is 5.72. The largest absolute Gasteiger partial charge is 0.493 e. The van der Waals surface area contributed by atoms with Crippen LogP contribution in [0.4, 0.5) is 0 Å². The second-order valence-corrected chi connectivity index (χ2v) is 9.19. The van der Waals surface area contributed by atoms with Gasteiger partial charge in [0.15, 0.2) is 0 Å². The lowest BCUT2D eigenvalue weighted by Crippen LogP contribution is -2.13. The summed E-state index contributed by atoms with van der Waals surface area (Å²) in [5, 5.41) is 4.82. The molecule has 0 aliphatic heterocycles. The normalized spacial score (nSPS) is 12.3. The monoisotopic (exact) mass is 414 g/mol. The maximum atomic E-state index is 12.7. The lowest BCUT2D eigenvalue weighted by Gasteiger charge is -2.11. The molecule has 138 valence electrons. The van der Waals surface area contributed by atoms with E-state index >= 15 is 0 Å². The topological polar surface area (TPSA) is 55.0 Å². The molecular weight excluding hydrogens is 396 g/mol. The van der Waals surface area contributed by atoms with Crippen LogP contribution in [0.3, 0.4) is 0 Å². The zero-order valence-corrected chi connectivity index (χ0v) is 17.1. The van der Waals surface area contributed by atoms with Crippen molar-refractivity contribution in [3.63, 3.8) is 0 Å². The number of hydrogen-bond acceptors (Lipinski definition) is 6. The number of H-pyrrole nitrogens is 1. The third-order valence-corrected chi connectivity index (χ3v) is 7.00. The van der Waals surface area contributed by atoms with Crippen LogP contribution < -0.4 is 10.3 Å². The molecule has 1 aromatic carbocycles. The number of nitrogens with one attached hydrogen (secondary N) is 1. The first-order valence-electron chi connectivity index (χ1n) is 8.57. The zero-order valence-electron chi connectivity index (χ0n) is 14.7. The van der Waals surface area contributed by atoms with Gasteiger partial charge in [-0.2, -0.15) is 0 Å². The van der Waals surface area contributed by atoms with Crippen molar-refractivity contribution >= 4 is 44.7 Å². The summed E-state index contributed by atoms with van der Waals surface area (Å²) in [5.41, 5.74) is 0.912. The molecule has 1 atom stereocenters. The molecule has 1 N–H and O–H groups in total. The molecule has 4 nitrogen and oxygen atoms in total. The smallest absolute Gasteiger partial charge is 0.260 e. The average Bonchev–Trinajstić information content (AvgIpc) is 3.35. The van der Waals surface area contributed by atoms with Crippen LogP contribution in [0.1, 0.15) is 18.0 Å². The Kier molecular flexibility index (Phi) is 5.61. The van der Waals surface area contributed by atoms with Gasteiger partial charge in [0.05, 0.1) is 17.2 Å². The lowest BCUT2D eigenvalue weighted by atomic mass is 10.2. The quantitative estimate of drug-likeness (QED) is 0.401. The van der Waals surface area contributed by atoms with Gasteiger partial charge in [0.25, 0.3) is 5.56 Å². The molecule has 0 aliphatic rings. The molecule has 0 fully saturated rings. The minimum atomic E-state index is -0.0624. The van der Waals surface area contributed by atoms with Crippen molar-refractivity contribution in [1.29, 1.82) is 0 Å².